The molecule has 0 amide bonds. The molecule has 1 aliphatic rings. The van der Waals surface area contributed by atoms with Gasteiger partial charge in [-0.15, -0.1) is 0 Å². The van der Waals surface area contributed by atoms with E-state index in [4.69, 9.17) is 10.3 Å². The SMILES string of the molecule is NC(Cc1cnc[nH]1)c1nc(N2CCCCCC2)no1. The van der Waals surface area contributed by atoms with E-state index in [1.54, 1.807) is 12.5 Å². The largest absolute Gasteiger partial charge is 0.348 e. The lowest BCUT2D eigenvalue weighted by atomic mass is 10.2. The van der Waals surface area contributed by atoms with Crippen LogP contribution in [0, 0.1) is 0 Å². The molecule has 2 aromatic rings. The maximum Gasteiger partial charge on any atom is 0.266 e. The predicted molar refractivity (Wildman–Crippen MR) is 74.2 cm³/mol. The van der Waals surface area contributed by atoms with Gasteiger partial charge in [-0.2, -0.15) is 4.98 Å². The highest BCUT2D eigenvalue weighted by Gasteiger charge is 2.20. The van der Waals surface area contributed by atoms with Gasteiger partial charge in [0.1, 0.15) is 0 Å². The van der Waals surface area contributed by atoms with Crippen molar-refractivity contribution in [3.05, 3.63) is 24.1 Å². The number of H-pyrrole nitrogens is 1. The maximum absolute atomic E-state index is 6.10. The fourth-order valence-corrected chi connectivity index (χ4v) is 2.50. The third-order valence-electron chi connectivity index (χ3n) is 3.63. The molecule has 1 aliphatic heterocycles. The minimum absolute atomic E-state index is 0.302. The highest BCUT2D eigenvalue weighted by Crippen LogP contribution is 2.19. The van der Waals surface area contributed by atoms with Crippen molar-refractivity contribution in [3.63, 3.8) is 0 Å². The molecule has 3 N–H and O–H groups in total. The van der Waals surface area contributed by atoms with Crippen LogP contribution in [0.1, 0.15) is 43.3 Å². The Kier molecular flexibility index (Phi) is 3.96. The van der Waals surface area contributed by atoms with Crippen LogP contribution in [0.5, 0.6) is 0 Å². The van der Waals surface area contributed by atoms with Crippen LogP contribution >= 0.6 is 0 Å². The summed E-state index contributed by atoms with van der Waals surface area (Å²) in [6.45, 7) is 1.99. The van der Waals surface area contributed by atoms with Crippen LogP contribution in [-0.2, 0) is 6.42 Å². The van der Waals surface area contributed by atoms with E-state index in [9.17, 15) is 0 Å². The Bertz CT molecular complexity index is 515. The van der Waals surface area contributed by atoms with Gasteiger partial charge in [0.2, 0.25) is 5.89 Å². The minimum atomic E-state index is -0.302. The smallest absolute Gasteiger partial charge is 0.266 e. The second-order valence-corrected chi connectivity index (χ2v) is 5.22. The molecular formula is C13H20N6O. The van der Waals surface area contributed by atoms with E-state index < -0.39 is 0 Å². The zero-order valence-electron chi connectivity index (χ0n) is 11.5. The molecule has 0 aliphatic carbocycles. The first-order valence-corrected chi connectivity index (χ1v) is 7.14. The van der Waals surface area contributed by atoms with Crippen LogP contribution in [0.25, 0.3) is 0 Å². The Morgan fingerprint density at radius 1 is 1.30 bits per heavy atom. The number of anilines is 1. The van der Waals surface area contributed by atoms with Crippen LogP contribution in [-0.4, -0.2) is 33.2 Å². The summed E-state index contributed by atoms with van der Waals surface area (Å²) in [6.07, 6.45) is 8.93. The molecule has 3 rings (SSSR count). The average Bonchev–Trinajstić information content (AvgIpc) is 3.06. The first-order valence-electron chi connectivity index (χ1n) is 7.14. The van der Waals surface area contributed by atoms with Crippen molar-refractivity contribution < 1.29 is 4.52 Å². The fourth-order valence-electron chi connectivity index (χ4n) is 2.50. The highest BCUT2D eigenvalue weighted by molar-refractivity contribution is 5.28. The number of nitrogens with two attached hydrogens (primary N) is 1. The maximum atomic E-state index is 6.10. The van der Waals surface area contributed by atoms with Gasteiger partial charge in [-0.25, -0.2) is 4.98 Å². The molecule has 7 heteroatoms. The Hall–Kier alpha value is -1.89. The summed E-state index contributed by atoms with van der Waals surface area (Å²) < 4.78 is 5.31. The van der Waals surface area contributed by atoms with Gasteiger partial charge in [0, 0.05) is 31.4 Å². The van der Waals surface area contributed by atoms with E-state index in [1.165, 1.54) is 25.7 Å². The van der Waals surface area contributed by atoms with Crippen LogP contribution < -0.4 is 10.6 Å². The molecule has 1 atom stereocenters. The van der Waals surface area contributed by atoms with Crippen molar-refractivity contribution in [2.24, 2.45) is 5.73 Å². The summed E-state index contributed by atoms with van der Waals surface area (Å²) in [5, 5.41) is 4.07. The molecule has 0 bridgehead atoms. The van der Waals surface area contributed by atoms with Crippen molar-refractivity contribution in [3.8, 4) is 0 Å². The van der Waals surface area contributed by atoms with Crippen LogP contribution in [0.15, 0.2) is 17.0 Å². The van der Waals surface area contributed by atoms with Crippen molar-refractivity contribution >= 4 is 5.95 Å². The van der Waals surface area contributed by atoms with Crippen molar-refractivity contribution in [1.29, 1.82) is 0 Å². The summed E-state index contributed by atoms with van der Waals surface area (Å²) in [5.74, 6) is 1.15. The lowest BCUT2D eigenvalue weighted by molar-refractivity contribution is 0.352. The predicted octanol–water partition coefficient (Wildman–Crippen LogP) is 1.42. The zero-order chi connectivity index (χ0) is 13.8. The minimum Gasteiger partial charge on any atom is -0.348 e. The molecule has 1 saturated heterocycles. The Balaban J connectivity index is 1.66. The van der Waals surface area contributed by atoms with Gasteiger partial charge in [-0.1, -0.05) is 12.8 Å². The van der Waals surface area contributed by atoms with Crippen LogP contribution in [0.3, 0.4) is 0 Å². The first kappa shape index (κ1) is 13.1. The number of rotatable bonds is 4. The van der Waals surface area contributed by atoms with E-state index in [2.05, 4.69) is 25.0 Å². The molecule has 0 aromatic carbocycles. The van der Waals surface area contributed by atoms with Crippen molar-refractivity contribution in [1.82, 2.24) is 20.1 Å². The Morgan fingerprint density at radius 3 is 2.80 bits per heavy atom. The highest BCUT2D eigenvalue weighted by atomic mass is 16.5. The van der Waals surface area contributed by atoms with Gasteiger partial charge in [-0.3, -0.25) is 0 Å². The number of imidazole rings is 1. The molecule has 20 heavy (non-hydrogen) atoms. The lowest BCUT2D eigenvalue weighted by Crippen LogP contribution is -2.25. The van der Waals surface area contributed by atoms with E-state index in [0.29, 0.717) is 18.3 Å². The quantitative estimate of drug-likeness (QED) is 0.876. The number of aromatic nitrogens is 4. The summed E-state index contributed by atoms with van der Waals surface area (Å²) >= 11 is 0. The van der Waals surface area contributed by atoms with Gasteiger partial charge in [0.25, 0.3) is 5.95 Å². The molecule has 0 spiro atoms. The molecule has 1 fully saturated rings. The normalized spacial score (nSPS) is 17.9. The zero-order valence-corrected chi connectivity index (χ0v) is 11.5. The Morgan fingerprint density at radius 2 is 2.10 bits per heavy atom. The molecule has 108 valence electrons. The second kappa shape index (κ2) is 6.04. The third kappa shape index (κ3) is 2.98. The van der Waals surface area contributed by atoms with Gasteiger partial charge in [0.15, 0.2) is 0 Å². The van der Waals surface area contributed by atoms with Gasteiger partial charge >= 0.3 is 0 Å². The molecule has 1 unspecified atom stereocenters. The van der Waals surface area contributed by atoms with Gasteiger partial charge in [-0.05, 0) is 18.0 Å². The first-order chi connectivity index (χ1) is 9.83. The average molecular weight is 276 g/mol. The molecule has 3 heterocycles. The number of nitrogens with one attached hydrogen (secondary N) is 1. The van der Waals surface area contributed by atoms with Crippen molar-refractivity contribution in [2.45, 2.75) is 38.1 Å². The van der Waals surface area contributed by atoms with E-state index in [0.717, 1.165) is 18.8 Å². The molecule has 2 aromatic heterocycles. The second-order valence-electron chi connectivity index (χ2n) is 5.22. The lowest BCUT2D eigenvalue weighted by Gasteiger charge is -2.16. The summed E-state index contributed by atoms with van der Waals surface area (Å²) in [4.78, 5) is 13.6. The van der Waals surface area contributed by atoms with Gasteiger partial charge < -0.3 is 20.1 Å². The van der Waals surface area contributed by atoms with E-state index in [1.807, 2.05) is 0 Å². The fraction of sp³-hybridized carbons (Fsp3) is 0.615. The van der Waals surface area contributed by atoms with Gasteiger partial charge in [0.05, 0.1) is 12.4 Å². The number of aromatic amines is 1. The summed E-state index contributed by atoms with van der Waals surface area (Å²) in [7, 11) is 0. The molecular weight excluding hydrogens is 256 g/mol. The van der Waals surface area contributed by atoms with E-state index >= 15 is 0 Å². The van der Waals surface area contributed by atoms with Crippen molar-refractivity contribution in [2.75, 3.05) is 18.0 Å². The summed E-state index contributed by atoms with van der Waals surface area (Å²) in [6, 6.07) is -0.302. The molecule has 7 nitrogen and oxygen atoms in total. The standard InChI is InChI=1S/C13H20N6O/c14-11(7-10-8-15-9-16-10)12-17-13(18-20-12)19-5-3-1-2-4-6-19/h8-9,11H,1-7,14H2,(H,15,16). The molecule has 0 radical (unpaired) electrons. The topological polar surface area (TPSA) is 96.9 Å². The summed E-state index contributed by atoms with van der Waals surface area (Å²) in [5.41, 5.74) is 7.06. The number of hydrogen-bond acceptors (Lipinski definition) is 6. The van der Waals surface area contributed by atoms with Crippen LogP contribution in [0.4, 0.5) is 5.95 Å². The molecule has 0 saturated carbocycles. The van der Waals surface area contributed by atoms with Crippen LogP contribution in [0.2, 0.25) is 0 Å². The number of hydrogen-bond donors (Lipinski definition) is 2. The Labute approximate surface area is 117 Å². The number of nitrogens with zero attached hydrogens (tertiary/aromatic N) is 4. The third-order valence-corrected chi connectivity index (χ3v) is 3.63. The van der Waals surface area contributed by atoms with E-state index in [-0.39, 0.29) is 6.04 Å². The monoisotopic (exact) mass is 276 g/mol.